The molecule has 0 spiro atoms. The molecule has 0 fully saturated rings. The SMILES string of the molecule is CC1c2ccccc2C(=O)N1c1ccncc1. The van der Waals surface area contributed by atoms with E-state index in [-0.39, 0.29) is 11.9 Å². The summed E-state index contributed by atoms with van der Waals surface area (Å²) in [6.07, 6.45) is 3.41. The van der Waals surface area contributed by atoms with E-state index in [2.05, 4.69) is 4.98 Å². The lowest BCUT2D eigenvalue weighted by Gasteiger charge is -2.21. The van der Waals surface area contributed by atoms with Crippen LogP contribution in [0, 0.1) is 0 Å². The maximum absolute atomic E-state index is 12.3. The van der Waals surface area contributed by atoms with Crippen LogP contribution in [0.1, 0.15) is 28.9 Å². The van der Waals surface area contributed by atoms with Gasteiger partial charge in [-0.15, -0.1) is 0 Å². The van der Waals surface area contributed by atoms with E-state index < -0.39 is 0 Å². The van der Waals surface area contributed by atoms with Crippen molar-refractivity contribution in [2.24, 2.45) is 0 Å². The molecule has 2 heterocycles. The zero-order chi connectivity index (χ0) is 11.8. The average Bonchev–Trinajstić information content (AvgIpc) is 2.64. The van der Waals surface area contributed by atoms with Gasteiger partial charge in [-0.05, 0) is 30.7 Å². The Labute approximate surface area is 99.7 Å². The Morgan fingerprint density at radius 1 is 1.12 bits per heavy atom. The summed E-state index contributed by atoms with van der Waals surface area (Å²) in [5.41, 5.74) is 2.79. The fourth-order valence-electron chi connectivity index (χ4n) is 2.35. The normalized spacial score (nSPS) is 18.3. The maximum Gasteiger partial charge on any atom is 0.259 e. The minimum Gasteiger partial charge on any atom is -0.301 e. The molecule has 0 saturated heterocycles. The Morgan fingerprint density at radius 3 is 2.53 bits per heavy atom. The van der Waals surface area contributed by atoms with E-state index in [1.54, 1.807) is 12.4 Å². The number of hydrogen-bond acceptors (Lipinski definition) is 2. The van der Waals surface area contributed by atoms with Gasteiger partial charge in [0, 0.05) is 23.6 Å². The number of carbonyl (C=O) groups excluding carboxylic acids is 1. The minimum absolute atomic E-state index is 0.0688. The molecule has 3 heteroatoms. The van der Waals surface area contributed by atoms with Crippen molar-refractivity contribution in [3.05, 3.63) is 59.9 Å². The van der Waals surface area contributed by atoms with Crippen molar-refractivity contribution in [3.63, 3.8) is 0 Å². The van der Waals surface area contributed by atoms with Gasteiger partial charge in [-0.3, -0.25) is 9.78 Å². The van der Waals surface area contributed by atoms with Crippen molar-refractivity contribution in [3.8, 4) is 0 Å². The van der Waals surface area contributed by atoms with E-state index in [0.29, 0.717) is 0 Å². The van der Waals surface area contributed by atoms with E-state index in [9.17, 15) is 4.79 Å². The number of rotatable bonds is 1. The molecule has 1 aliphatic rings. The fraction of sp³-hybridized carbons (Fsp3) is 0.143. The predicted molar refractivity (Wildman–Crippen MR) is 65.9 cm³/mol. The third-order valence-electron chi connectivity index (χ3n) is 3.19. The molecule has 17 heavy (non-hydrogen) atoms. The molecule has 0 bridgehead atoms. The summed E-state index contributed by atoms with van der Waals surface area (Å²) in [6.45, 7) is 2.05. The summed E-state index contributed by atoms with van der Waals surface area (Å²) in [5.74, 6) is 0.0688. The molecular weight excluding hydrogens is 212 g/mol. The van der Waals surface area contributed by atoms with Crippen molar-refractivity contribution in [1.82, 2.24) is 4.98 Å². The molecule has 0 aliphatic carbocycles. The van der Waals surface area contributed by atoms with E-state index in [1.165, 1.54) is 0 Å². The Kier molecular flexibility index (Phi) is 2.18. The number of benzene rings is 1. The third-order valence-corrected chi connectivity index (χ3v) is 3.19. The molecule has 84 valence electrons. The van der Waals surface area contributed by atoms with Gasteiger partial charge in [-0.1, -0.05) is 18.2 Å². The summed E-state index contributed by atoms with van der Waals surface area (Å²) in [7, 11) is 0. The van der Waals surface area contributed by atoms with Crippen molar-refractivity contribution in [1.29, 1.82) is 0 Å². The molecule has 0 radical (unpaired) electrons. The van der Waals surface area contributed by atoms with Gasteiger partial charge in [0.1, 0.15) is 0 Å². The van der Waals surface area contributed by atoms with Crippen LogP contribution in [0.25, 0.3) is 0 Å². The second-order valence-electron chi connectivity index (χ2n) is 4.14. The van der Waals surface area contributed by atoms with Gasteiger partial charge in [-0.25, -0.2) is 0 Å². The molecule has 1 aliphatic heterocycles. The van der Waals surface area contributed by atoms with Gasteiger partial charge in [-0.2, -0.15) is 0 Å². The standard InChI is InChI=1S/C14H12N2O/c1-10-12-4-2-3-5-13(12)14(17)16(10)11-6-8-15-9-7-11/h2-10H,1H3. The first-order valence-electron chi connectivity index (χ1n) is 5.61. The number of nitrogens with zero attached hydrogens (tertiary/aromatic N) is 2. The third kappa shape index (κ3) is 1.43. The number of pyridine rings is 1. The number of aromatic nitrogens is 1. The summed E-state index contributed by atoms with van der Waals surface area (Å²) < 4.78 is 0. The second kappa shape index (κ2) is 3.70. The highest BCUT2D eigenvalue weighted by molar-refractivity contribution is 6.10. The van der Waals surface area contributed by atoms with Crippen molar-refractivity contribution in [2.75, 3.05) is 4.90 Å². The molecule has 1 aromatic carbocycles. The van der Waals surface area contributed by atoms with Crippen LogP contribution in [0.4, 0.5) is 5.69 Å². The minimum atomic E-state index is 0.0688. The van der Waals surface area contributed by atoms with Crippen molar-refractivity contribution in [2.45, 2.75) is 13.0 Å². The van der Waals surface area contributed by atoms with Gasteiger partial charge in [0.05, 0.1) is 6.04 Å². The first-order valence-corrected chi connectivity index (χ1v) is 5.61. The van der Waals surface area contributed by atoms with Crippen LogP contribution in [0.15, 0.2) is 48.8 Å². The number of hydrogen-bond donors (Lipinski definition) is 0. The summed E-state index contributed by atoms with van der Waals surface area (Å²) in [4.78, 5) is 18.1. The molecule has 1 amide bonds. The average molecular weight is 224 g/mol. The summed E-state index contributed by atoms with van der Waals surface area (Å²) >= 11 is 0. The quantitative estimate of drug-likeness (QED) is 0.746. The molecular formula is C14H12N2O. The zero-order valence-electron chi connectivity index (χ0n) is 9.50. The lowest BCUT2D eigenvalue weighted by Crippen LogP contribution is -2.25. The van der Waals surface area contributed by atoms with Gasteiger partial charge in [0.15, 0.2) is 0 Å². The molecule has 1 unspecified atom stereocenters. The monoisotopic (exact) mass is 224 g/mol. The van der Waals surface area contributed by atoms with Gasteiger partial charge in [0.25, 0.3) is 5.91 Å². The van der Waals surface area contributed by atoms with Crippen LogP contribution in [0.3, 0.4) is 0 Å². The number of carbonyl (C=O) groups is 1. The largest absolute Gasteiger partial charge is 0.301 e. The Hall–Kier alpha value is -2.16. The Bertz CT molecular complexity index is 565. The molecule has 0 N–H and O–H groups in total. The summed E-state index contributed by atoms with van der Waals surface area (Å²) in [5, 5.41) is 0. The van der Waals surface area contributed by atoms with E-state index in [4.69, 9.17) is 0 Å². The number of fused-ring (bicyclic) bond motifs is 1. The van der Waals surface area contributed by atoms with Crippen LogP contribution in [-0.4, -0.2) is 10.9 Å². The molecule has 1 aromatic heterocycles. The molecule has 2 aromatic rings. The summed E-state index contributed by atoms with van der Waals surface area (Å²) in [6, 6.07) is 11.6. The maximum atomic E-state index is 12.3. The van der Waals surface area contributed by atoms with E-state index >= 15 is 0 Å². The highest BCUT2D eigenvalue weighted by Crippen LogP contribution is 2.36. The first-order chi connectivity index (χ1) is 8.29. The number of anilines is 1. The van der Waals surface area contributed by atoms with Crippen LogP contribution >= 0.6 is 0 Å². The lowest BCUT2D eigenvalue weighted by atomic mass is 10.1. The van der Waals surface area contributed by atoms with E-state index in [0.717, 1.165) is 16.8 Å². The van der Waals surface area contributed by atoms with Crippen LogP contribution < -0.4 is 4.90 Å². The van der Waals surface area contributed by atoms with Gasteiger partial charge >= 0.3 is 0 Å². The second-order valence-corrected chi connectivity index (χ2v) is 4.14. The molecule has 0 saturated carbocycles. The lowest BCUT2D eigenvalue weighted by molar-refractivity contribution is 0.0992. The smallest absolute Gasteiger partial charge is 0.259 e. The molecule has 1 atom stereocenters. The molecule has 3 rings (SSSR count). The van der Waals surface area contributed by atoms with Crippen molar-refractivity contribution < 1.29 is 4.79 Å². The predicted octanol–water partition coefficient (Wildman–Crippen LogP) is 2.80. The first kappa shape index (κ1) is 10.0. The highest BCUT2D eigenvalue weighted by atomic mass is 16.2. The highest BCUT2D eigenvalue weighted by Gasteiger charge is 2.34. The number of amides is 1. The Morgan fingerprint density at radius 2 is 1.82 bits per heavy atom. The van der Waals surface area contributed by atoms with Crippen LogP contribution in [0.2, 0.25) is 0 Å². The van der Waals surface area contributed by atoms with Crippen LogP contribution in [0.5, 0.6) is 0 Å². The van der Waals surface area contributed by atoms with Crippen molar-refractivity contribution >= 4 is 11.6 Å². The van der Waals surface area contributed by atoms with Crippen LogP contribution in [-0.2, 0) is 0 Å². The Balaban J connectivity index is 2.10. The zero-order valence-corrected chi connectivity index (χ0v) is 9.50. The van der Waals surface area contributed by atoms with E-state index in [1.807, 2.05) is 48.2 Å². The fourth-order valence-corrected chi connectivity index (χ4v) is 2.35. The van der Waals surface area contributed by atoms with Gasteiger partial charge in [0.2, 0.25) is 0 Å². The molecule has 3 nitrogen and oxygen atoms in total. The van der Waals surface area contributed by atoms with Gasteiger partial charge < -0.3 is 4.90 Å². The topological polar surface area (TPSA) is 33.2 Å².